The van der Waals surface area contributed by atoms with E-state index in [2.05, 4.69) is 21.4 Å². The van der Waals surface area contributed by atoms with E-state index in [1.807, 2.05) is 11.9 Å². The first-order valence-electron chi connectivity index (χ1n) is 8.22. The third-order valence-corrected chi connectivity index (χ3v) is 4.39. The molecular formula is C16H22F3N5O2. The molecule has 0 aromatic carbocycles. The van der Waals surface area contributed by atoms with E-state index < -0.39 is 30.1 Å². The van der Waals surface area contributed by atoms with Gasteiger partial charge in [0.15, 0.2) is 11.2 Å². The molecule has 1 aliphatic rings. The van der Waals surface area contributed by atoms with E-state index in [1.54, 1.807) is 0 Å². The van der Waals surface area contributed by atoms with Gasteiger partial charge in [0, 0.05) is 26.2 Å². The molecule has 1 N–H and O–H groups in total. The summed E-state index contributed by atoms with van der Waals surface area (Å²) in [7, 11) is 1.85. The average molecular weight is 373 g/mol. The van der Waals surface area contributed by atoms with Crippen molar-refractivity contribution >= 4 is 6.03 Å². The number of aromatic nitrogens is 2. The Hall–Kier alpha value is -2.28. The van der Waals surface area contributed by atoms with Crippen LogP contribution in [0.2, 0.25) is 0 Å². The number of halogens is 3. The molecule has 1 unspecified atom stereocenters. The Labute approximate surface area is 149 Å². The number of nitrogens with one attached hydrogen (secondary N) is 1. The Balaban J connectivity index is 1.94. The van der Waals surface area contributed by atoms with Gasteiger partial charge in [-0.2, -0.15) is 18.2 Å². The monoisotopic (exact) mass is 373 g/mol. The van der Waals surface area contributed by atoms with E-state index in [0.29, 0.717) is 26.1 Å². The Kier molecular flexibility index (Phi) is 6.13. The summed E-state index contributed by atoms with van der Waals surface area (Å²) in [6, 6.07) is -0.535. The first kappa shape index (κ1) is 20.0. The second-order valence-electron chi connectivity index (χ2n) is 6.43. The van der Waals surface area contributed by atoms with Crippen molar-refractivity contribution in [3.05, 3.63) is 11.7 Å². The minimum atomic E-state index is -4.60. The number of urea groups is 1. The number of alkyl halides is 3. The largest absolute Gasteiger partial charge is 0.405 e. The molecule has 1 saturated heterocycles. The quantitative estimate of drug-likeness (QED) is 0.605. The number of aryl methyl sites for hydroxylation is 1. The third-order valence-electron chi connectivity index (χ3n) is 4.39. The van der Waals surface area contributed by atoms with Crippen molar-refractivity contribution in [2.24, 2.45) is 0 Å². The molecule has 2 amide bonds. The Bertz CT molecular complexity index is 670. The molecule has 2 rings (SSSR count). The van der Waals surface area contributed by atoms with Gasteiger partial charge in [0.25, 0.3) is 0 Å². The van der Waals surface area contributed by atoms with Crippen molar-refractivity contribution in [2.45, 2.75) is 31.4 Å². The number of nitrogens with zero attached hydrogens (tertiary/aromatic N) is 4. The van der Waals surface area contributed by atoms with Crippen LogP contribution in [0, 0.1) is 19.3 Å². The van der Waals surface area contributed by atoms with Crippen molar-refractivity contribution in [3.8, 4) is 12.3 Å². The molecule has 0 radical (unpaired) electrons. The van der Waals surface area contributed by atoms with Crippen LogP contribution < -0.4 is 5.32 Å². The van der Waals surface area contributed by atoms with Gasteiger partial charge in [0.1, 0.15) is 0 Å². The molecule has 1 atom stereocenters. The van der Waals surface area contributed by atoms with Crippen LogP contribution >= 0.6 is 0 Å². The van der Waals surface area contributed by atoms with Gasteiger partial charge < -0.3 is 14.7 Å². The topological polar surface area (TPSA) is 74.5 Å². The molecule has 144 valence electrons. The fraction of sp³-hybridized carbons (Fsp3) is 0.688. The predicted molar refractivity (Wildman–Crippen MR) is 87.3 cm³/mol. The number of hydrogen-bond acceptors (Lipinski definition) is 5. The van der Waals surface area contributed by atoms with Gasteiger partial charge in [-0.1, -0.05) is 11.1 Å². The van der Waals surface area contributed by atoms with Gasteiger partial charge in [-0.25, -0.2) is 4.79 Å². The van der Waals surface area contributed by atoms with Crippen molar-refractivity contribution in [3.63, 3.8) is 0 Å². The number of likely N-dealkylation sites (tertiary alicyclic amines) is 1. The molecule has 1 aromatic heterocycles. The predicted octanol–water partition coefficient (Wildman–Crippen LogP) is 1.55. The molecule has 2 heterocycles. The molecule has 26 heavy (non-hydrogen) atoms. The minimum absolute atomic E-state index is 0.0379. The molecule has 1 aliphatic heterocycles. The summed E-state index contributed by atoms with van der Waals surface area (Å²) < 4.78 is 45.9. The Morgan fingerprint density at radius 1 is 1.54 bits per heavy atom. The number of amides is 2. The summed E-state index contributed by atoms with van der Waals surface area (Å²) in [5.74, 6) is 2.14. The molecule has 0 bridgehead atoms. The molecule has 0 aliphatic carbocycles. The van der Waals surface area contributed by atoms with Crippen LogP contribution in [0.25, 0.3) is 0 Å². The van der Waals surface area contributed by atoms with Crippen molar-refractivity contribution in [2.75, 3.05) is 39.8 Å². The molecule has 1 fully saturated rings. The lowest BCUT2D eigenvalue weighted by Gasteiger charge is -2.28. The third kappa shape index (κ3) is 4.27. The van der Waals surface area contributed by atoms with Gasteiger partial charge in [0.2, 0.25) is 5.89 Å². The van der Waals surface area contributed by atoms with Crippen LogP contribution in [0.5, 0.6) is 0 Å². The van der Waals surface area contributed by atoms with Crippen LogP contribution in [-0.4, -0.2) is 71.9 Å². The first-order valence-corrected chi connectivity index (χ1v) is 8.22. The van der Waals surface area contributed by atoms with Gasteiger partial charge in [-0.3, -0.25) is 4.90 Å². The molecule has 0 saturated carbocycles. The maximum atomic E-state index is 13.7. The van der Waals surface area contributed by atoms with Crippen LogP contribution in [0.15, 0.2) is 4.52 Å². The number of carbonyl (C=O) groups is 1. The van der Waals surface area contributed by atoms with Gasteiger partial charge >= 0.3 is 12.2 Å². The number of terminal acetylenes is 1. The highest BCUT2D eigenvalue weighted by molar-refractivity contribution is 5.74. The first-order chi connectivity index (χ1) is 12.2. The average Bonchev–Trinajstić information content (AvgIpc) is 3.18. The summed E-state index contributed by atoms with van der Waals surface area (Å²) >= 11 is 0. The molecule has 0 spiro atoms. The molecule has 7 nitrogen and oxygen atoms in total. The highest BCUT2D eigenvalue weighted by Crippen LogP contribution is 2.46. The number of rotatable bonds is 6. The Morgan fingerprint density at radius 2 is 2.27 bits per heavy atom. The Morgan fingerprint density at radius 3 is 2.85 bits per heavy atom. The fourth-order valence-corrected chi connectivity index (χ4v) is 2.89. The maximum Gasteiger partial charge on any atom is 0.405 e. The second-order valence-corrected chi connectivity index (χ2v) is 6.43. The van der Waals surface area contributed by atoms with E-state index in [9.17, 15) is 18.0 Å². The van der Waals surface area contributed by atoms with Gasteiger partial charge in [-0.05, 0) is 26.8 Å². The lowest BCUT2D eigenvalue weighted by Crippen LogP contribution is -2.47. The minimum Gasteiger partial charge on any atom is -0.338 e. The SMILES string of the molecule is C#CCN(C)CCCNC(=O)N1CCC(c2nc(C)no2)(C(F)(F)F)C1. The maximum absolute atomic E-state index is 13.7. The second kappa shape index (κ2) is 7.95. The summed E-state index contributed by atoms with van der Waals surface area (Å²) in [5.41, 5.74) is -2.32. The standard InChI is InChI=1S/C16H22F3N5O2/c1-4-8-23(3)9-5-7-20-14(25)24-10-6-15(11-24,16(17,18)19)13-21-12(2)22-26-13/h1H,5-11H2,2-3H3,(H,20,25). The summed E-state index contributed by atoms with van der Waals surface area (Å²) in [6.07, 6.45) is 0.934. The lowest BCUT2D eigenvalue weighted by molar-refractivity contribution is -0.193. The highest BCUT2D eigenvalue weighted by atomic mass is 19.4. The van der Waals surface area contributed by atoms with Crippen molar-refractivity contribution < 1.29 is 22.5 Å². The molecule has 1 aromatic rings. The van der Waals surface area contributed by atoms with Crippen molar-refractivity contribution in [1.29, 1.82) is 0 Å². The number of carbonyl (C=O) groups excluding carboxylic acids is 1. The summed E-state index contributed by atoms with van der Waals surface area (Å²) in [6.45, 7) is 2.40. The van der Waals surface area contributed by atoms with E-state index >= 15 is 0 Å². The summed E-state index contributed by atoms with van der Waals surface area (Å²) in [5, 5.41) is 6.10. The van der Waals surface area contributed by atoms with Crippen LogP contribution in [-0.2, 0) is 5.41 Å². The van der Waals surface area contributed by atoms with Crippen LogP contribution in [0.1, 0.15) is 24.6 Å². The van der Waals surface area contributed by atoms with Gasteiger partial charge in [-0.15, -0.1) is 6.42 Å². The van der Waals surface area contributed by atoms with E-state index in [1.165, 1.54) is 6.92 Å². The zero-order valence-electron chi connectivity index (χ0n) is 14.8. The smallest absolute Gasteiger partial charge is 0.338 e. The van der Waals surface area contributed by atoms with Crippen LogP contribution in [0.3, 0.4) is 0 Å². The van der Waals surface area contributed by atoms with E-state index in [4.69, 9.17) is 10.9 Å². The number of hydrogen-bond donors (Lipinski definition) is 1. The summed E-state index contributed by atoms with van der Waals surface area (Å²) in [4.78, 5) is 19.0. The zero-order valence-corrected chi connectivity index (χ0v) is 14.8. The fourth-order valence-electron chi connectivity index (χ4n) is 2.89. The van der Waals surface area contributed by atoms with Crippen LogP contribution in [0.4, 0.5) is 18.0 Å². The van der Waals surface area contributed by atoms with Gasteiger partial charge in [0.05, 0.1) is 6.54 Å². The highest BCUT2D eigenvalue weighted by Gasteiger charge is 2.63. The van der Waals surface area contributed by atoms with Crippen molar-refractivity contribution in [1.82, 2.24) is 25.3 Å². The zero-order chi connectivity index (χ0) is 19.4. The van der Waals surface area contributed by atoms with E-state index in [0.717, 1.165) is 4.90 Å². The normalized spacial score (nSPS) is 20.4. The van der Waals surface area contributed by atoms with E-state index in [-0.39, 0.29) is 18.8 Å². The lowest BCUT2D eigenvalue weighted by atomic mass is 9.86. The molecular weight excluding hydrogens is 351 g/mol. The molecule has 10 heteroatoms.